The summed E-state index contributed by atoms with van der Waals surface area (Å²) in [4.78, 5) is 14.5. The average Bonchev–Trinajstić information content (AvgIpc) is 2.94. The summed E-state index contributed by atoms with van der Waals surface area (Å²) in [6.07, 6.45) is 1.88. The Bertz CT molecular complexity index is 518. The van der Waals surface area contributed by atoms with E-state index in [9.17, 15) is 4.79 Å². The predicted molar refractivity (Wildman–Crippen MR) is 74.8 cm³/mol. The van der Waals surface area contributed by atoms with E-state index in [0.29, 0.717) is 23.0 Å². The average molecular weight is 276 g/mol. The number of nitrogens with two attached hydrogens (primary N) is 1. The largest absolute Gasteiger partial charge is 0.454 e. The van der Waals surface area contributed by atoms with Crippen molar-refractivity contribution >= 4 is 5.91 Å². The molecule has 0 aliphatic carbocycles. The summed E-state index contributed by atoms with van der Waals surface area (Å²) in [5.74, 6) is 1.79. The van der Waals surface area contributed by atoms with E-state index in [-0.39, 0.29) is 18.7 Å². The number of ether oxygens (including phenoxy) is 2. The summed E-state index contributed by atoms with van der Waals surface area (Å²) in [6.45, 7) is 3.82. The molecule has 2 unspecified atom stereocenters. The Balaban J connectivity index is 1.75. The van der Waals surface area contributed by atoms with Gasteiger partial charge < -0.3 is 20.1 Å². The van der Waals surface area contributed by atoms with Gasteiger partial charge in [0.15, 0.2) is 11.5 Å². The monoisotopic (exact) mass is 276 g/mol. The van der Waals surface area contributed by atoms with Gasteiger partial charge in [-0.3, -0.25) is 4.79 Å². The number of rotatable bonds is 2. The molecule has 1 fully saturated rings. The lowest BCUT2D eigenvalue weighted by atomic mass is 9.90. The van der Waals surface area contributed by atoms with Crippen LogP contribution in [0, 0.1) is 5.92 Å². The molecule has 0 aromatic heterocycles. The van der Waals surface area contributed by atoms with Crippen molar-refractivity contribution in [2.75, 3.05) is 19.9 Å². The van der Waals surface area contributed by atoms with Gasteiger partial charge in [0, 0.05) is 24.7 Å². The first kappa shape index (κ1) is 13.2. The lowest BCUT2D eigenvalue weighted by molar-refractivity contribution is 0.0649. The maximum Gasteiger partial charge on any atom is 0.254 e. The molecule has 1 aromatic carbocycles. The zero-order chi connectivity index (χ0) is 14.1. The molecule has 1 aromatic rings. The summed E-state index contributed by atoms with van der Waals surface area (Å²) < 4.78 is 10.6. The second kappa shape index (κ2) is 5.32. The summed E-state index contributed by atoms with van der Waals surface area (Å²) >= 11 is 0. The van der Waals surface area contributed by atoms with Gasteiger partial charge in [0.1, 0.15) is 0 Å². The minimum atomic E-state index is 0.0497. The molecule has 3 rings (SSSR count). The first-order valence-corrected chi connectivity index (χ1v) is 7.13. The fourth-order valence-electron chi connectivity index (χ4n) is 2.88. The second-order valence-corrected chi connectivity index (χ2v) is 5.44. The molecule has 2 aliphatic rings. The highest BCUT2D eigenvalue weighted by molar-refractivity contribution is 5.95. The molecular weight excluding hydrogens is 256 g/mol. The van der Waals surface area contributed by atoms with E-state index in [2.05, 4.69) is 6.92 Å². The third-order valence-corrected chi connectivity index (χ3v) is 4.22. The van der Waals surface area contributed by atoms with Gasteiger partial charge in [0.2, 0.25) is 6.79 Å². The van der Waals surface area contributed by atoms with Crippen molar-refractivity contribution in [3.8, 4) is 11.5 Å². The van der Waals surface area contributed by atoms with Crippen LogP contribution in [0.4, 0.5) is 0 Å². The smallest absolute Gasteiger partial charge is 0.254 e. The molecule has 0 bridgehead atoms. The van der Waals surface area contributed by atoms with Crippen LogP contribution in [0.3, 0.4) is 0 Å². The third-order valence-electron chi connectivity index (χ3n) is 4.22. The molecule has 20 heavy (non-hydrogen) atoms. The van der Waals surface area contributed by atoms with Crippen molar-refractivity contribution < 1.29 is 14.3 Å². The lowest BCUT2D eigenvalue weighted by Gasteiger charge is -2.36. The summed E-state index contributed by atoms with van der Waals surface area (Å²) in [5.41, 5.74) is 6.74. The van der Waals surface area contributed by atoms with Gasteiger partial charge in [-0.2, -0.15) is 0 Å². The predicted octanol–water partition coefficient (Wildman–Crippen LogP) is 1.61. The Kier molecular flexibility index (Phi) is 3.53. The standard InChI is InChI=1S/C15H20N2O3/c1-2-10-8-17(6-5-12(10)16)15(18)11-3-4-13-14(7-11)20-9-19-13/h3-4,7,10,12H,2,5-6,8-9,16H2,1H3. The topological polar surface area (TPSA) is 64.8 Å². The van der Waals surface area contributed by atoms with Crippen molar-refractivity contribution in [2.45, 2.75) is 25.8 Å². The van der Waals surface area contributed by atoms with Crippen LogP contribution >= 0.6 is 0 Å². The molecule has 2 aliphatic heterocycles. The maximum absolute atomic E-state index is 12.6. The molecule has 0 saturated carbocycles. The number of carbonyl (C=O) groups excluding carboxylic acids is 1. The first-order chi connectivity index (χ1) is 9.69. The SMILES string of the molecule is CCC1CN(C(=O)c2ccc3c(c2)OCO3)CCC1N. The van der Waals surface area contributed by atoms with E-state index in [1.54, 1.807) is 18.2 Å². The highest BCUT2D eigenvalue weighted by atomic mass is 16.7. The molecule has 2 heterocycles. The number of benzene rings is 1. The number of carbonyl (C=O) groups is 1. The Morgan fingerprint density at radius 1 is 1.40 bits per heavy atom. The fraction of sp³-hybridized carbons (Fsp3) is 0.533. The lowest BCUT2D eigenvalue weighted by Crippen LogP contribution is -2.49. The van der Waals surface area contributed by atoms with Crippen LogP contribution in [-0.4, -0.2) is 36.7 Å². The number of hydrogen-bond acceptors (Lipinski definition) is 4. The third kappa shape index (κ3) is 2.33. The van der Waals surface area contributed by atoms with E-state index < -0.39 is 0 Å². The van der Waals surface area contributed by atoms with Gasteiger partial charge in [0.25, 0.3) is 5.91 Å². The van der Waals surface area contributed by atoms with Crippen molar-refractivity contribution in [3.63, 3.8) is 0 Å². The van der Waals surface area contributed by atoms with Gasteiger partial charge in [-0.15, -0.1) is 0 Å². The van der Waals surface area contributed by atoms with Crippen LogP contribution in [-0.2, 0) is 0 Å². The quantitative estimate of drug-likeness (QED) is 0.891. The Labute approximate surface area is 118 Å². The van der Waals surface area contributed by atoms with Gasteiger partial charge in [-0.1, -0.05) is 13.3 Å². The van der Waals surface area contributed by atoms with Gasteiger partial charge in [-0.05, 0) is 30.5 Å². The fourth-order valence-corrected chi connectivity index (χ4v) is 2.88. The number of likely N-dealkylation sites (tertiary alicyclic amines) is 1. The van der Waals surface area contributed by atoms with Crippen LogP contribution in [0.15, 0.2) is 18.2 Å². The summed E-state index contributed by atoms with van der Waals surface area (Å²) in [6, 6.07) is 5.56. The second-order valence-electron chi connectivity index (χ2n) is 5.44. The zero-order valence-electron chi connectivity index (χ0n) is 11.7. The minimum Gasteiger partial charge on any atom is -0.454 e. The van der Waals surface area contributed by atoms with Crippen molar-refractivity contribution in [1.29, 1.82) is 0 Å². The van der Waals surface area contributed by atoms with Crippen LogP contribution in [0.25, 0.3) is 0 Å². The molecule has 5 nitrogen and oxygen atoms in total. The van der Waals surface area contributed by atoms with Crippen molar-refractivity contribution in [3.05, 3.63) is 23.8 Å². The molecule has 0 spiro atoms. The zero-order valence-corrected chi connectivity index (χ0v) is 11.7. The minimum absolute atomic E-state index is 0.0497. The van der Waals surface area contributed by atoms with E-state index in [0.717, 1.165) is 25.9 Å². The molecule has 0 radical (unpaired) electrons. The first-order valence-electron chi connectivity index (χ1n) is 7.13. The van der Waals surface area contributed by atoms with E-state index in [4.69, 9.17) is 15.2 Å². The number of fused-ring (bicyclic) bond motifs is 1. The van der Waals surface area contributed by atoms with Crippen LogP contribution < -0.4 is 15.2 Å². The van der Waals surface area contributed by atoms with E-state index >= 15 is 0 Å². The van der Waals surface area contributed by atoms with Gasteiger partial charge >= 0.3 is 0 Å². The number of nitrogens with zero attached hydrogens (tertiary/aromatic N) is 1. The molecular formula is C15H20N2O3. The number of hydrogen-bond donors (Lipinski definition) is 1. The highest BCUT2D eigenvalue weighted by Gasteiger charge is 2.29. The van der Waals surface area contributed by atoms with E-state index in [1.807, 2.05) is 4.90 Å². The van der Waals surface area contributed by atoms with Gasteiger partial charge in [0.05, 0.1) is 0 Å². The van der Waals surface area contributed by atoms with E-state index in [1.165, 1.54) is 0 Å². The summed E-state index contributed by atoms with van der Waals surface area (Å²) in [7, 11) is 0. The number of amides is 1. The number of piperidine rings is 1. The van der Waals surface area contributed by atoms with Crippen molar-refractivity contribution in [1.82, 2.24) is 4.90 Å². The Morgan fingerprint density at radius 2 is 2.20 bits per heavy atom. The Hall–Kier alpha value is -1.75. The van der Waals surface area contributed by atoms with Crippen molar-refractivity contribution in [2.24, 2.45) is 11.7 Å². The molecule has 5 heteroatoms. The maximum atomic E-state index is 12.6. The highest BCUT2D eigenvalue weighted by Crippen LogP contribution is 2.33. The Morgan fingerprint density at radius 3 is 3.00 bits per heavy atom. The molecule has 2 atom stereocenters. The van der Waals surface area contributed by atoms with Crippen LogP contribution in [0.2, 0.25) is 0 Å². The van der Waals surface area contributed by atoms with Crippen LogP contribution in [0.5, 0.6) is 11.5 Å². The normalized spacial score (nSPS) is 24.8. The van der Waals surface area contributed by atoms with Crippen LogP contribution in [0.1, 0.15) is 30.1 Å². The molecule has 1 amide bonds. The molecule has 1 saturated heterocycles. The molecule has 108 valence electrons. The summed E-state index contributed by atoms with van der Waals surface area (Å²) in [5, 5.41) is 0. The molecule has 2 N–H and O–H groups in total. The van der Waals surface area contributed by atoms with Gasteiger partial charge in [-0.25, -0.2) is 0 Å².